The highest BCUT2D eigenvalue weighted by molar-refractivity contribution is 5.98. The van der Waals surface area contributed by atoms with Crippen LogP contribution in [0.3, 0.4) is 0 Å². The van der Waals surface area contributed by atoms with Gasteiger partial charge < -0.3 is 10.4 Å². The topological polar surface area (TPSA) is 66.4 Å². The van der Waals surface area contributed by atoms with Gasteiger partial charge in [-0.15, -0.1) is 0 Å². The van der Waals surface area contributed by atoms with Gasteiger partial charge in [0.15, 0.2) is 5.78 Å². The molecule has 1 atom stereocenters. The predicted octanol–water partition coefficient (Wildman–Crippen LogP) is 1.59. The van der Waals surface area contributed by atoms with E-state index in [1.807, 2.05) is 36.4 Å². The lowest BCUT2D eigenvalue weighted by atomic mass is 10.0. The number of rotatable bonds is 6. The molecule has 0 aliphatic heterocycles. The Kier molecular flexibility index (Phi) is 5.23. The van der Waals surface area contributed by atoms with Gasteiger partial charge in [0.05, 0.1) is 6.04 Å². The zero-order chi connectivity index (χ0) is 15.1. The molecule has 0 unspecified atom stereocenters. The van der Waals surface area contributed by atoms with Crippen LogP contribution in [-0.2, 0) is 11.2 Å². The van der Waals surface area contributed by atoms with Gasteiger partial charge in [0.1, 0.15) is 6.61 Å². The first-order chi connectivity index (χ1) is 10.2. The zero-order valence-electron chi connectivity index (χ0n) is 11.5. The quantitative estimate of drug-likeness (QED) is 0.846. The maximum atomic E-state index is 12.1. The lowest BCUT2D eigenvalue weighted by Gasteiger charge is -2.17. The lowest BCUT2D eigenvalue weighted by molar-refractivity contribution is -0.123. The van der Waals surface area contributed by atoms with Gasteiger partial charge in [-0.05, 0) is 24.1 Å². The average Bonchev–Trinajstić information content (AvgIpc) is 2.55. The first-order valence-corrected chi connectivity index (χ1v) is 6.74. The first kappa shape index (κ1) is 14.9. The van der Waals surface area contributed by atoms with Gasteiger partial charge in [-0.3, -0.25) is 9.59 Å². The molecule has 0 aliphatic carbocycles. The van der Waals surface area contributed by atoms with E-state index in [1.54, 1.807) is 24.3 Å². The summed E-state index contributed by atoms with van der Waals surface area (Å²) in [6, 6.07) is 17.3. The molecule has 0 spiro atoms. The van der Waals surface area contributed by atoms with E-state index in [9.17, 15) is 9.59 Å². The van der Waals surface area contributed by atoms with Gasteiger partial charge in [0.25, 0.3) is 5.91 Å². The Labute approximate surface area is 123 Å². The molecule has 0 bridgehead atoms. The van der Waals surface area contributed by atoms with Crippen molar-refractivity contribution >= 4 is 11.7 Å². The standard InChI is InChI=1S/C17H17NO3/c19-12-16(20)15(11-13-7-3-1-4-8-13)18-17(21)14-9-5-2-6-10-14/h1-10,15,19H,11-12H2,(H,18,21)/t15-/m0/s1. The number of aliphatic hydroxyl groups excluding tert-OH is 1. The Balaban J connectivity index is 2.10. The molecule has 2 aromatic rings. The van der Waals surface area contributed by atoms with E-state index >= 15 is 0 Å². The van der Waals surface area contributed by atoms with Crippen LogP contribution in [0.5, 0.6) is 0 Å². The number of hydrogen-bond donors (Lipinski definition) is 2. The third-order valence-corrected chi connectivity index (χ3v) is 3.17. The SMILES string of the molecule is O=C(N[C@@H](Cc1ccccc1)C(=O)CO)c1ccccc1. The maximum Gasteiger partial charge on any atom is 0.251 e. The molecule has 0 saturated heterocycles. The Morgan fingerprint density at radius 1 is 0.952 bits per heavy atom. The molecule has 21 heavy (non-hydrogen) atoms. The minimum Gasteiger partial charge on any atom is -0.389 e. The average molecular weight is 283 g/mol. The van der Waals surface area contributed by atoms with Crippen LogP contribution in [0.1, 0.15) is 15.9 Å². The second kappa shape index (κ2) is 7.36. The molecule has 4 heteroatoms. The highest BCUT2D eigenvalue weighted by Gasteiger charge is 2.20. The van der Waals surface area contributed by atoms with Crippen LogP contribution in [0.25, 0.3) is 0 Å². The summed E-state index contributed by atoms with van der Waals surface area (Å²) in [4.78, 5) is 23.9. The number of nitrogens with one attached hydrogen (secondary N) is 1. The van der Waals surface area contributed by atoms with E-state index in [0.717, 1.165) is 5.56 Å². The number of ketones is 1. The zero-order valence-corrected chi connectivity index (χ0v) is 11.5. The van der Waals surface area contributed by atoms with E-state index in [2.05, 4.69) is 5.32 Å². The molecular weight excluding hydrogens is 266 g/mol. The predicted molar refractivity (Wildman–Crippen MR) is 79.9 cm³/mol. The number of hydrogen-bond acceptors (Lipinski definition) is 3. The first-order valence-electron chi connectivity index (χ1n) is 6.74. The van der Waals surface area contributed by atoms with E-state index in [0.29, 0.717) is 12.0 Å². The van der Waals surface area contributed by atoms with Crippen molar-refractivity contribution in [3.8, 4) is 0 Å². The van der Waals surface area contributed by atoms with E-state index in [-0.39, 0.29) is 5.91 Å². The molecule has 1 amide bonds. The summed E-state index contributed by atoms with van der Waals surface area (Å²) in [5.41, 5.74) is 1.42. The Bertz CT molecular complexity index is 596. The van der Waals surface area contributed by atoms with E-state index < -0.39 is 18.4 Å². The lowest BCUT2D eigenvalue weighted by Crippen LogP contribution is -2.43. The molecule has 0 saturated carbocycles. The van der Waals surface area contributed by atoms with Crippen LogP contribution in [-0.4, -0.2) is 29.4 Å². The molecule has 0 fully saturated rings. The highest BCUT2D eigenvalue weighted by Crippen LogP contribution is 2.06. The van der Waals surface area contributed by atoms with Crippen LogP contribution in [0.15, 0.2) is 60.7 Å². The summed E-state index contributed by atoms with van der Waals surface area (Å²) in [7, 11) is 0. The molecule has 0 aliphatic rings. The molecule has 0 radical (unpaired) electrons. The summed E-state index contributed by atoms with van der Waals surface area (Å²) >= 11 is 0. The fourth-order valence-electron chi connectivity index (χ4n) is 2.04. The third kappa shape index (κ3) is 4.26. The number of aliphatic hydroxyl groups is 1. The molecule has 108 valence electrons. The second-order valence-electron chi connectivity index (χ2n) is 4.71. The number of benzene rings is 2. The minimum absolute atomic E-state index is 0.321. The van der Waals surface area contributed by atoms with Crippen LogP contribution < -0.4 is 5.32 Å². The largest absolute Gasteiger partial charge is 0.389 e. The summed E-state index contributed by atoms with van der Waals surface area (Å²) in [6.07, 6.45) is 0.360. The van der Waals surface area contributed by atoms with Crippen molar-refractivity contribution in [3.63, 3.8) is 0 Å². The molecule has 0 aromatic heterocycles. The third-order valence-electron chi connectivity index (χ3n) is 3.17. The molecule has 2 aromatic carbocycles. The monoisotopic (exact) mass is 283 g/mol. The highest BCUT2D eigenvalue weighted by atomic mass is 16.3. The van der Waals surface area contributed by atoms with Crippen molar-refractivity contribution < 1.29 is 14.7 Å². The molecule has 4 nitrogen and oxygen atoms in total. The summed E-state index contributed by atoms with van der Waals surface area (Å²) in [5.74, 6) is -0.721. The van der Waals surface area contributed by atoms with E-state index in [1.165, 1.54) is 0 Å². The van der Waals surface area contributed by atoms with E-state index in [4.69, 9.17) is 5.11 Å². The fraction of sp³-hybridized carbons (Fsp3) is 0.176. The smallest absolute Gasteiger partial charge is 0.251 e. The second-order valence-corrected chi connectivity index (χ2v) is 4.71. The Morgan fingerprint density at radius 3 is 2.10 bits per heavy atom. The number of carbonyl (C=O) groups is 2. The summed E-state index contributed by atoms with van der Waals surface area (Å²) in [6.45, 7) is -0.591. The van der Waals surface area contributed by atoms with Crippen molar-refractivity contribution in [2.24, 2.45) is 0 Å². The van der Waals surface area contributed by atoms with Crippen LogP contribution >= 0.6 is 0 Å². The van der Waals surface area contributed by atoms with Crippen LogP contribution in [0.4, 0.5) is 0 Å². The van der Waals surface area contributed by atoms with Crippen molar-refractivity contribution in [3.05, 3.63) is 71.8 Å². The van der Waals surface area contributed by atoms with Crippen molar-refractivity contribution in [1.82, 2.24) is 5.32 Å². The molecular formula is C17H17NO3. The Morgan fingerprint density at radius 2 is 1.52 bits per heavy atom. The van der Waals surface area contributed by atoms with Gasteiger partial charge in [-0.25, -0.2) is 0 Å². The van der Waals surface area contributed by atoms with Crippen LogP contribution in [0.2, 0.25) is 0 Å². The summed E-state index contributed by atoms with van der Waals surface area (Å²) in [5, 5.41) is 11.7. The number of amides is 1. The van der Waals surface area contributed by atoms with Gasteiger partial charge in [0.2, 0.25) is 0 Å². The maximum absolute atomic E-state index is 12.1. The van der Waals surface area contributed by atoms with Crippen molar-refractivity contribution in [2.45, 2.75) is 12.5 Å². The Hall–Kier alpha value is -2.46. The van der Waals surface area contributed by atoms with Gasteiger partial charge in [-0.1, -0.05) is 48.5 Å². The number of carbonyl (C=O) groups excluding carboxylic acids is 2. The van der Waals surface area contributed by atoms with Gasteiger partial charge in [-0.2, -0.15) is 0 Å². The minimum atomic E-state index is -0.731. The summed E-state index contributed by atoms with van der Waals surface area (Å²) < 4.78 is 0. The fourth-order valence-corrected chi connectivity index (χ4v) is 2.04. The molecule has 2 N–H and O–H groups in total. The van der Waals surface area contributed by atoms with Crippen molar-refractivity contribution in [2.75, 3.05) is 6.61 Å². The van der Waals surface area contributed by atoms with Gasteiger partial charge in [0, 0.05) is 5.56 Å². The van der Waals surface area contributed by atoms with Gasteiger partial charge >= 0.3 is 0 Å². The number of Topliss-reactive ketones (excluding diaryl/α,β-unsaturated/α-hetero) is 1. The van der Waals surface area contributed by atoms with Crippen LogP contribution in [0, 0.1) is 0 Å². The van der Waals surface area contributed by atoms with Crippen molar-refractivity contribution in [1.29, 1.82) is 0 Å². The normalized spacial score (nSPS) is 11.7. The molecule has 0 heterocycles. The molecule has 2 rings (SSSR count).